The molecule has 1 aromatic heterocycles. The minimum atomic E-state index is -1.04. The third kappa shape index (κ3) is 3.58. The van der Waals surface area contributed by atoms with E-state index in [0.717, 1.165) is 0 Å². The van der Waals surface area contributed by atoms with Crippen LogP contribution in [0.1, 0.15) is 30.6 Å². The fraction of sp³-hybridized carbons (Fsp3) is 0.500. The highest BCUT2D eigenvalue weighted by atomic mass is 35.5. The van der Waals surface area contributed by atoms with Crippen LogP contribution in [0.2, 0.25) is 5.15 Å². The van der Waals surface area contributed by atoms with Gasteiger partial charge < -0.3 is 15.1 Å². The van der Waals surface area contributed by atoms with Crippen LogP contribution in [0.25, 0.3) is 0 Å². The summed E-state index contributed by atoms with van der Waals surface area (Å²) in [5.41, 5.74) is 0.117. The molecule has 0 saturated heterocycles. The lowest BCUT2D eigenvalue weighted by atomic mass is 10.2. The van der Waals surface area contributed by atoms with Crippen molar-refractivity contribution in [3.05, 3.63) is 22.8 Å². The Morgan fingerprint density at radius 1 is 1.50 bits per heavy atom. The Hall–Kier alpha value is -1.33. The molecule has 0 aliphatic rings. The van der Waals surface area contributed by atoms with Gasteiger partial charge in [-0.2, -0.15) is 0 Å². The zero-order chi connectivity index (χ0) is 13.7. The van der Waals surface area contributed by atoms with Crippen LogP contribution in [-0.4, -0.2) is 40.4 Å². The Morgan fingerprint density at radius 3 is 2.67 bits per heavy atom. The second-order valence-corrected chi connectivity index (χ2v) is 4.56. The van der Waals surface area contributed by atoms with E-state index in [0.29, 0.717) is 18.8 Å². The standard InChI is InChI=1S/C12H17ClN2O3/c1-8(2)15(6-3-7-16)11-9(12(17)18)4-5-10(13)14-11/h4-5,8,16H,3,6-7H2,1-2H3,(H,17,18). The molecule has 2 N–H and O–H groups in total. The van der Waals surface area contributed by atoms with Crippen molar-refractivity contribution in [3.8, 4) is 0 Å². The number of carbonyl (C=O) groups is 1. The number of aliphatic hydroxyl groups is 1. The Labute approximate surface area is 111 Å². The number of aliphatic hydroxyl groups excluding tert-OH is 1. The Bertz CT molecular complexity index is 424. The third-order valence-corrected chi connectivity index (χ3v) is 2.73. The van der Waals surface area contributed by atoms with Gasteiger partial charge in [-0.1, -0.05) is 11.6 Å². The van der Waals surface area contributed by atoms with Crippen molar-refractivity contribution in [2.75, 3.05) is 18.1 Å². The molecule has 0 aliphatic carbocycles. The fourth-order valence-electron chi connectivity index (χ4n) is 1.66. The van der Waals surface area contributed by atoms with Gasteiger partial charge in [-0.05, 0) is 32.4 Å². The number of nitrogens with zero attached hydrogens (tertiary/aromatic N) is 2. The predicted molar refractivity (Wildman–Crippen MR) is 70.4 cm³/mol. The molecule has 1 rings (SSSR count). The maximum atomic E-state index is 11.2. The molecule has 0 bridgehead atoms. The summed E-state index contributed by atoms with van der Waals surface area (Å²) < 4.78 is 0. The van der Waals surface area contributed by atoms with Gasteiger partial charge in [0.25, 0.3) is 0 Å². The quantitative estimate of drug-likeness (QED) is 0.775. The average molecular weight is 273 g/mol. The molecular formula is C12H17ClN2O3. The number of hydrogen-bond acceptors (Lipinski definition) is 4. The second-order valence-electron chi connectivity index (χ2n) is 4.17. The first-order chi connectivity index (χ1) is 8.47. The van der Waals surface area contributed by atoms with Gasteiger partial charge >= 0.3 is 5.97 Å². The molecule has 0 aliphatic heterocycles. The Morgan fingerprint density at radius 2 is 2.17 bits per heavy atom. The van der Waals surface area contributed by atoms with Gasteiger partial charge in [-0.3, -0.25) is 0 Å². The molecule has 0 saturated carbocycles. The maximum absolute atomic E-state index is 11.2. The summed E-state index contributed by atoms with van der Waals surface area (Å²) in [6, 6.07) is 2.97. The summed E-state index contributed by atoms with van der Waals surface area (Å²) in [5.74, 6) is -0.692. The van der Waals surface area contributed by atoms with E-state index in [9.17, 15) is 4.79 Å². The molecule has 1 heterocycles. The van der Waals surface area contributed by atoms with Crippen molar-refractivity contribution in [2.24, 2.45) is 0 Å². The second kappa shape index (κ2) is 6.56. The van der Waals surface area contributed by atoms with E-state index in [2.05, 4.69) is 4.98 Å². The molecule has 18 heavy (non-hydrogen) atoms. The largest absolute Gasteiger partial charge is 0.478 e. The first-order valence-corrected chi connectivity index (χ1v) is 6.12. The first-order valence-electron chi connectivity index (χ1n) is 5.74. The molecule has 0 unspecified atom stereocenters. The van der Waals surface area contributed by atoms with Crippen molar-refractivity contribution in [1.29, 1.82) is 0 Å². The van der Waals surface area contributed by atoms with Gasteiger partial charge in [-0.15, -0.1) is 0 Å². The molecule has 100 valence electrons. The molecule has 0 spiro atoms. The van der Waals surface area contributed by atoms with Crippen LogP contribution < -0.4 is 4.90 Å². The van der Waals surface area contributed by atoms with E-state index < -0.39 is 5.97 Å². The molecule has 1 aromatic rings. The van der Waals surface area contributed by atoms with Crippen LogP contribution in [0.4, 0.5) is 5.82 Å². The van der Waals surface area contributed by atoms with E-state index in [1.807, 2.05) is 18.7 Å². The number of hydrogen-bond donors (Lipinski definition) is 2. The molecular weight excluding hydrogens is 256 g/mol. The van der Waals surface area contributed by atoms with E-state index in [1.165, 1.54) is 12.1 Å². The molecule has 0 aromatic carbocycles. The molecule has 5 nitrogen and oxygen atoms in total. The molecule has 0 fully saturated rings. The van der Waals surface area contributed by atoms with E-state index >= 15 is 0 Å². The van der Waals surface area contributed by atoms with Gasteiger partial charge in [-0.25, -0.2) is 9.78 Å². The minimum absolute atomic E-state index is 0.0478. The molecule has 0 amide bonds. The van der Waals surface area contributed by atoms with Crippen molar-refractivity contribution >= 4 is 23.4 Å². The van der Waals surface area contributed by atoms with Gasteiger partial charge in [0.2, 0.25) is 0 Å². The third-order valence-electron chi connectivity index (χ3n) is 2.52. The summed E-state index contributed by atoms with van der Waals surface area (Å²) in [5, 5.41) is 18.3. The maximum Gasteiger partial charge on any atom is 0.339 e. The number of carboxylic acid groups (broad SMARTS) is 1. The van der Waals surface area contributed by atoms with Gasteiger partial charge in [0.15, 0.2) is 0 Å². The van der Waals surface area contributed by atoms with Crippen molar-refractivity contribution in [2.45, 2.75) is 26.3 Å². The number of carboxylic acids is 1. The average Bonchev–Trinajstić information content (AvgIpc) is 2.28. The lowest BCUT2D eigenvalue weighted by Gasteiger charge is -2.28. The normalized spacial score (nSPS) is 10.7. The van der Waals surface area contributed by atoms with Crippen LogP contribution in [0, 0.1) is 0 Å². The Balaban J connectivity index is 3.16. The van der Waals surface area contributed by atoms with Crippen LogP contribution in [0.15, 0.2) is 12.1 Å². The van der Waals surface area contributed by atoms with Gasteiger partial charge in [0.1, 0.15) is 16.5 Å². The van der Waals surface area contributed by atoms with Crippen LogP contribution in [0.5, 0.6) is 0 Å². The summed E-state index contributed by atoms with van der Waals surface area (Å²) in [6.45, 7) is 4.45. The highest BCUT2D eigenvalue weighted by Crippen LogP contribution is 2.23. The van der Waals surface area contributed by atoms with Crippen LogP contribution >= 0.6 is 11.6 Å². The van der Waals surface area contributed by atoms with E-state index in [1.54, 1.807) is 0 Å². The minimum Gasteiger partial charge on any atom is -0.478 e. The van der Waals surface area contributed by atoms with Crippen molar-refractivity contribution in [3.63, 3.8) is 0 Å². The number of anilines is 1. The van der Waals surface area contributed by atoms with Gasteiger partial charge in [0.05, 0.1) is 0 Å². The number of aromatic nitrogens is 1. The topological polar surface area (TPSA) is 73.7 Å². The lowest BCUT2D eigenvalue weighted by molar-refractivity contribution is 0.0697. The zero-order valence-corrected chi connectivity index (χ0v) is 11.2. The first kappa shape index (κ1) is 14.7. The van der Waals surface area contributed by atoms with Crippen LogP contribution in [-0.2, 0) is 0 Å². The van der Waals surface area contributed by atoms with Crippen molar-refractivity contribution in [1.82, 2.24) is 4.98 Å². The number of aromatic carboxylic acids is 1. The highest BCUT2D eigenvalue weighted by Gasteiger charge is 2.20. The number of halogens is 1. The number of pyridine rings is 1. The summed E-state index contributed by atoms with van der Waals surface area (Å²) in [4.78, 5) is 17.1. The van der Waals surface area contributed by atoms with E-state index in [-0.39, 0.29) is 23.4 Å². The summed E-state index contributed by atoms with van der Waals surface area (Å²) in [7, 11) is 0. The number of rotatable bonds is 6. The molecule has 0 atom stereocenters. The lowest BCUT2D eigenvalue weighted by Crippen LogP contribution is -2.34. The van der Waals surface area contributed by atoms with Gasteiger partial charge in [0, 0.05) is 19.2 Å². The van der Waals surface area contributed by atoms with E-state index in [4.69, 9.17) is 21.8 Å². The Kier molecular flexibility index (Phi) is 5.37. The summed E-state index contributed by atoms with van der Waals surface area (Å²) in [6.07, 6.45) is 0.547. The predicted octanol–water partition coefficient (Wildman–Crippen LogP) is 2.03. The highest BCUT2D eigenvalue weighted by molar-refractivity contribution is 6.29. The fourth-order valence-corrected chi connectivity index (χ4v) is 1.80. The van der Waals surface area contributed by atoms with Crippen LogP contribution in [0.3, 0.4) is 0 Å². The molecule has 0 radical (unpaired) electrons. The SMILES string of the molecule is CC(C)N(CCCO)c1nc(Cl)ccc1C(=O)O. The molecule has 6 heteroatoms. The summed E-state index contributed by atoms with van der Waals surface area (Å²) >= 11 is 5.82. The smallest absolute Gasteiger partial charge is 0.339 e. The van der Waals surface area contributed by atoms with Crippen molar-refractivity contribution < 1.29 is 15.0 Å². The zero-order valence-electron chi connectivity index (χ0n) is 10.4. The monoisotopic (exact) mass is 272 g/mol.